The second-order valence-corrected chi connectivity index (χ2v) is 6.55. The molecule has 4 rings (SSSR count). The van der Waals surface area contributed by atoms with E-state index in [2.05, 4.69) is 58.2 Å². The van der Waals surface area contributed by atoms with Gasteiger partial charge in [0.1, 0.15) is 5.84 Å². The SMILES string of the molecule is CC(CCNC1=Nc2cccc3cccc1c23)CCn1ccnc1. The Kier molecular flexibility index (Phi) is 4.03. The summed E-state index contributed by atoms with van der Waals surface area (Å²) in [6.07, 6.45) is 8.05. The van der Waals surface area contributed by atoms with Crippen molar-refractivity contribution in [2.75, 3.05) is 6.54 Å². The van der Waals surface area contributed by atoms with Gasteiger partial charge in [-0.3, -0.25) is 0 Å². The summed E-state index contributed by atoms with van der Waals surface area (Å²) in [6.45, 7) is 4.30. The van der Waals surface area contributed by atoms with Crippen molar-refractivity contribution in [2.24, 2.45) is 10.9 Å². The van der Waals surface area contributed by atoms with Crippen LogP contribution in [0.2, 0.25) is 0 Å². The number of rotatable bonds is 6. The molecule has 4 nitrogen and oxygen atoms in total. The summed E-state index contributed by atoms with van der Waals surface area (Å²) in [5.74, 6) is 1.68. The number of aliphatic imine (C=N–C) groups is 1. The Labute approximate surface area is 142 Å². The molecule has 0 fully saturated rings. The third-order valence-electron chi connectivity index (χ3n) is 4.74. The molecular formula is C20H22N4. The normalized spacial score (nSPS) is 14.0. The van der Waals surface area contributed by atoms with Crippen LogP contribution < -0.4 is 5.32 Å². The predicted octanol–water partition coefficient (Wildman–Crippen LogP) is 4.13. The van der Waals surface area contributed by atoms with Crippen LogP contribution in [0.5, 0.6) is 0 Å². The van der Waals surface area contributed by atoms with Gasteiger partial charge in [0.15, 0.2) is 0 Å². The largest absolute Gasteiger partial charge is 0.370 e. The molecule has 2 aromatic carbocycles. The summed E-state index contributed by atoms with van der Waals surface area (Å²) in [4.78, 5) is 8.86. The molecule has 1 unspecified atom stereocenters. The minimum atomic E-state index is 0.667. The van der Waals surface area contributed by atoms with E-state index in [1.54, 1.807) is 0 Å². The highest BCUT2D eigenvalue weighted by Gasteiger charge is 2.17. The van der Waals surface area contributed by atoms with Gasteiger partial charge in [0.25, 0.3) is 0 Å². The number of benzene rings is 2. The molecule has 0 bridgehead atoms. The molecule has 0 radical (unpaired) electrons. The van der Waals surface area contributed by atoms with Crippen molar-refractivity contribution in [1.29, 1.82) is 0 Å². The van der Waals surface area contributed by atoms with Gasteiger partial charge in [0.2, 0.25) is 0 Å². The topological polar surface area (TPSA) is 42.2 Å². The smallest absolute Gasteiger partial charge is 0.134 e. The first-order valence-corrected chi connectivity index (χ1v) is 8.62. The van der Waals surface area contributed by atoms with E-state index in [0.29, 0.717) is 5.92 Å². The highest BCUT2D eigenvalue weighted by molar-refractivity contribution is 6.18. The number of nitrogens with zero attached hydrogens (tertiary/aromatic N) is 3. The van der Waals surface area contributed by atoms with Crippen LogP contribution in [-0.4, -0.2) is 21.9 Å². The van der Waals surface area contributed by atoms with Gasteiger partial charge < -0.3 is 9.88 Å². The van der Waals surface area contributed by atoms with Gasteiger partial charge in [-0.05, 0) is 30.2 Å². The van der Waals surface area contributed by atoms with Crippen molar-refractivity contribution in [3.63, 3.8) is 0 Å². The molecule has 24 heavy (non-hydrogen) atoms. The van der Waals surface area contributed by atoms with Crippen LogP contribution in [0.15, 0.2) is 60.1 Å². The zero-order valence-electron chi connectivity index (χ0n) is 13.9. The standard InChI is InChI=1S/C20H22N4/c1-15(9-12-24-13-11-21-14-24)8-10-22-20-17-6-2-4-16-5-3-7-18(23-20)19(16)17/h2-7,11,13-15H,8-10,12H2,1H3,(H,22,23). The highest BCUT2D eigenvalue weighted by Crippen LogP contribution is 2.34. The Morgan fingerprint density at radius 2 is 2.00 bits per heavy atom. The van der Waals surface area contributed by atoms with Crippen molar-refractivity contribution in [3.8, 4) is 0 Å². The third kappa shape index (κ3) is 2.92. The second-order valence-electron chi connectivity index (χ2n) is 6.55. The lowest BCUT2D eigenvalue weighted by Crippen LogP contribution is -2.25. The van der Waals surface area contributed by atoms with Crippen molar-refractivity contribution in [1.82, 2.24) is 14.9 Å². The molecule has 4 heteroatoms. The van der Waals surface area contributed by atoms with E-state index in [1.807, 2.05) is 18.7 Å². The highest BCUT2D eigenvalue weighted by atomic mass is 15.0. The molecule has 3 aromatic rings. The maximum Gasteiger partial charge on any atom is 0.134 e. The van der Waals surface area contributed by atoms with Gasteiger partial charge in [0.05, 0.1) is 12.0 Å². The molecule has 0 saturated heterocycles. The van der Waals surface area contributed by atoms with Gasteiger partial charge in [-0.2, -0.15) is 0 Å². The molecule has 1 aliphatic rings. The van der Waals surface area contributed by atoms with Gasteiger partial charge >= 0.3 is 0 Å². The summed E-state index contributed by atoms with van der Waals surface area (Å²) < 4.78 is 2.14. The Morgan fingerprint density at radius 3 is 2.83 bits per heavy atom. The van der Waals surface area contributed by atoms with E-state index < -0.39 is 0 Å². The zero-order chi connectivity index (χ0) is 16.4. The average Bonchev–Trinajstić information content (AvgIpc) is 3.23. The average molecular weight is 318 g/mol. The number of nitrogens with one attached hydrogen (secondary N) is 1. The molecule has 1 aromatic heterocycles. The fourth-order valence-corrected chi connectivity index (χ4v) is 3.30. The monoisotopic (exact) mass is 318 g/mol. The Hall–Kier alpha value is -2.62. The van der Waals surface area contributed by atoms with Crippen LogP contribution in [0.25, 0.3) is 10.8 Å². The fourth-order valence-electron chi connectivity index (χ4n) is 3.30. The number of hydrogen-bond donors (Lipinski definition) is 1. The van der Waals surface area contributed by atoms with Crippen LogP contribution in [-0.2, 0) is 6.54 Å². The van der Waals surface area contributed by atoms with Crippen LogP contribution >= 0.6 is 0 Å². The van der Waals surface area contributed by atoms with E-state index in [0.717, 1.165) is 31.0 Å². The first kappa shape index (κ1) is 14.9. The number of amidine groups is 1. The molecule has 1 N–H and O–H groups in total. The summed E-state index contributed by atoms with van der Waals surface area (Å²) in [5.41, 5.74) is 2.31. The van der Waals surface area contributed by atoms with Crippen LogP contribution in [0.3, 0.4) is 0 Å². The third-order valence-corrected chi connectivity index (χ3v) is 4.74. The maximum atomic E-state index is 4.77. The molecule has 0 aliphatic carbocycles. The van der Waals surface area contributed by atoms with Gasteiger partial charge in [-0.25, -0.2) is 9.98 Å². The van der Waals surface area contributed by atoms with E-state index in [1.165, 1.54) is 22.8 Å². The number of imidazole rings is 1. The minimum absolute atomic E-state index is 0.667. The molecule has 0 spiro atoms. The van der Waals surface area contributed by atoms with E-state index in [4.69, 9.17) is 4.99 Å². The lowest BCUT2D eigenvalue weighted by atomic mass is 10.0. The lowest BCUT2D eigenvalue weighted by molar-refractivity contribution is 0.450. The Balaban J connectivity index is 1.33. The van der Waals surface area contributed by atoms with Crippen molar-refractivity contribution in [3.05, 3.63) is 60.7 Å². The number of hydrogen-bond acceptors (Lipinski definition) is 3. The summed E-state index contributed by atoms with van der Waals surface area (Å²) in [6, 6.07) is 12.7. The molecule has 1 atom stereocenters. The van der Waals surface area contributed by atoms with E-state index in [-0.39, 0.29) is 0 Å². The molecule has 1 aliphatic heterocycles. The Morgan fingerprint density at radius 1 is 1.12 bits per heavy atom. The van der Waals surface area contributed by atoms with Crippen molar-refractivity contribution >= 4 is 22.3 Å². The first-order chi connectivity index (χ1) is 11.8. The van der Waals surface area contributed by atoms with Gasteiger partial charge in [0, 0.05) is 36.4 Å². The Bertz CT molecular complexity index is 859. The first-order valence-electron chi connectivity index (χ1n) is 8.62. The van der Waals surface area contributed by atoms with Crippen molar-refractivity contribution in [2.45, 2.75) is 26.3 Å². The minimum Gasteiger partial charge on any atom is -0.370 e. The molecule has 122 valence electrons. The maximum absolute atomic E-state index is 4.77. The van der Waals surface area contributed by atoms with Crippen LogP contribution in [0.1, 0.15) is 25.3 Å². The molecule has 0 amide bonds. The second kappa shape index (κ2) is 6.48. The fraction of sp³-hybridized carbons (Fsp3) is 0.300. The summed E-state index contributed by atoms with van der Waals surface area (Å²) in [5, 5.41) is 6.08. The quantitative estimate of drug-likeness (QED) is 0.742. The van der Waals surface area contributed by atoms with E-state index in [9.17, 15) is 0 Å². The molecule has 0 saturated carbocycles. The number of aryl methyl sites for hydroxylation is 1. The predicted molar refractivity (Wildman–Crippen MR) is 98.8 cm³/mol. The van der Waals surface area contributed by atoms with Crippen molar-refractivity contribution < 1.29 is 0 Å². The lowest BCUT2D eigenvalue weighted by Gasteiger charge is -2.13. The van der Waals surface area contributed by atoms with Crippen LogP contribution in [0, 0.1) is 5.92 Å². The summed E-state index contributed by atoms with van der Waals surface area (Å²) >= 11 is 0. The number of aromatic nitrogens is 2. The van der Waals surface area contributed by atoms with Gasteiger partial charge in [-0.1, -0.05) is 37.3 Å². The molecular weight excluding hydrogens is 296 g/mol. The van der Waals surface area contributed by atoms with Crippen LogP contribution in [0.4, 0.5) is 5.69 Å². The zero-order valence-corrected chi connectivity index (χ0v) is 13.9. The summed E-state index contributed by atoms with van der Waals surface area (Å²) in [7, 11) is 0. The van der Waals surface area contributed by atoms with Gasteiger partial charge in [-0.15, -0.1) is 0 Å². The molecule has 2 heterocycles. The van der Waals surface area contributed by atoms with E-state index >= 15 is 0 Å².